The molecule has 3 rings (SSSR count). The summed E-state index contributed by atoms with van der Waals surface area (Å²) in [6.45, 7) is 5.81. The van der Waals surface area contributed by atoms with Gasteiger partial charge in [-0.25, -0.2) is 4.79 Å². The summed E-state index contributed by atoms with van der Waals surface area (Å²) in [5.41, 5.74) is 3.17. The van der Waals surface area contributed by atoms with E-state index in [4.69, 9.17) is 0 Å². The second-order valence-electron chi connectivity index (χ2n) is 7.39. The molecule has 2 aliphatic heterocycles. The van der Waals surface area contributed by atoms with E-state index in [1.54, 1.807) is 0 Å². The second kappa shape index (κ2) is 9.72. The first-order chi connectivity index (χ1) is 13.5. The molecule has 3 unspecified atom stereocenters. The highest BCUT2D eigenvalue weighted by Gasteiger charge is 2.25. The molecule has 7 N–H and O–H groups in total. The fourth-order valence-electron chi connectivity index (χ4n) is 3.58. The number of rotatable bonds is 6. The van der Waals surface area contributed by atoms with Gasteiger partial charge in [0.2, 0.25) is 5.91 Å². The normalized spacial score (nSPS) is 23.9. The summed E-state index contributed by atoms with van der Waals surface area (Å²) < 4.78 is 0. The summed E-state index contributed by atoms with van der Waals surface area (Å²) >= 11 is 0. The lowest BCUT2D eigenvalue weighted by molar-refractivity contribution is -0.118. The van der Waals surface area contributed by atoms with Crippen molar-refractivity contribution in [1.82, 2.24) is 26.6 Å². The molecule has 1 aromatic rings. The summed E-state index contributed by atoms with van der Waals surface area (Å²) in [6.07, 6.45) is 2.70. The average Bonchev–Trinajstić information content (AvgIpc) is 2.64. The van der Waals surface area contributed by atoms with Crippen LogP contribution in [-0.2, 0) is 11.2 Å². The lowest BCUT2D eigenvalue weighted by atomic mass is 10.0. The van der Waals surface area contributed by atoms with Crippen molar-refractivity contribution in [2.45, 2.75) is 51.6 Å². The Labute approximate surface area is 165 Å². The molecule has 28 heavy (non-hydrogen) atoms. The Kier molecular flexibility index (Phi) is 7.07. The maximum atomic E-state index is 12.4. The molecule has 2 aliphatic rings. The zero-order chi connectivity index (χ0) is 19.9. The van der Waals surface area contributed by atoms with Gasteiger partial charge < -0.3 is 26.6 Å². The van der Waals surface area contributed by atoms with Gasteiger partial charge in [0.15, 0.2) is 0 Å². The van der Waals surface area contributed by atoms with Crippen LogP contribution in [0.25, 0.3) is 0 Å². The molecule has 3 atom stereocenters. The van der Waals surface area contributed by atoms with Gasteiger partial charge in [0.1, 0.15) is 6.29 Å². The Morgan fingerprint density at radius 3 is 2.89 bits per heavy atom. The van der Waals surface area contributed by atoms with E-state index in [2.05, 4.69) is 44.1 Å². The molecule has 1 aromatic carbocycles. The summed E-state index contributed by atoms with van der Waals surface area (Å²) in [7, 11) is 0. The number of nitrogens with one attached hydrogen (secondary N) is 7. The molecule has 1 fully saturated rings. The van der Waals surface area contributed by atoms with Crippen molar-refractivity contribution in [2.75, 3.05) is 30.3 Å². The Bertz CT molecular complexity index is 697. The number of fused-ring (bicyclic) bond motifs is 1. The molecule has 3 amide bonds. The van der Waals surface area contributed by atoms with Crippen LogP contribution < -0.4 is 37.2 Å². The van der Waals surface area contributed by atoms with Gasteiger partial charge in [-0.15, -0.1) is 0 Å². The van der Waals surface area contributed by atoms with Crippen LogP contribution in [0.2, 0.25) is 0 Å². The van der Waals surface area contributed by atoms with Gasteiger partial charge in [-0.05, 0) is 49.9 Å². The molecular weight excluding hydrogens is 358 g/mol. The van der Waals surface area contributed by atoms with E-state index in [1.807, 2.05) is 18.2 Å². The smallest absolute Gasteiger partial charge is 0.321 e. The average molecular weight is 390 g/mol. The van der Waals surface area contributed by atoms with E-state index in [9.17, 15) is 9.59 Å². The third kappa shape index (κ3) is 6.08. The summed E-state index contributed by atoms with van der Waals surface area (Å²) in [5, 5.41) is 21.9. The van der Waals surface area contributed by atoms with Gasteiger partial charge in [0.05, 0.1) is 6.17 Å². The third-order valence-corrected chi connectivity index (χ3v) is 4.87. The fraction of sp³-hybridized carbons (Fsp3) is 0.579. The number of anilines is 2. The molecular formula is C19H31N7O2. The van der Waals surface area contributed by atoms with E-state index in [0.717, 1.165) is 37.2 Å². The number of amides is 3. The van der Waals surface area contributed by atoms with E-state index in [1.165, 1.54) is 12.5 Å². The molecule has 0 bridgehead atoms. The van der Waals surface area contributed by atoms with Crippen molar-refractivity contribution in [1.29, 1.82) is 0 Å². The van der Waals surface area contributed by atoms with E-state index in [-0.39, 0.29) is 30.4 Å². The largest absolute Gasteiger partial charge is 0.385 e. The number of hydrogen-bond donors (Lipinski definition) is 7. The van der Waals surface area contributed by atoms with Gasteiger partial charge in [-0.2, -0.15) is 0 Å². The number of benzene rings is 1. The van der Waals surface area contributed by atoms with Gasteiger partial charge >= 0.3 is 6.03 Å². The summed E-state index contributed by atoms with van der Waals surface area (Å²) in [5.74, 6) is -0.0392. The van der Waals surface area contributed by atoms with Crippen LogP contribution in [0.5, 0.6) is 0 Å². The predicted octanol–water partition coefficient (Wildman–Crippen LogP) is 0.473. The fourth-order valence-corrected chi connectivity index (χ4v) is 3.58. The van der Waals surface area contributed by atoms with Crippen molar-refractivity contribution in [2.24, 2.45) is 0 Å². The van der Waals surface area contributed by atoms with E-state index < -0.39 is 0 Å². The molecule has 0 saturated carbocycles. The Morgan fingerprint density at radius 2 is 2.07 bits per heavy atom. The van der Waals surface area contributed by atoms with Crippen LogP contribution in [0.3, 0.4) is 0 Å². The summed E-state index contributed by atoms with van der Waals surface area (Å²) in [4.78, 5) is 23.3. The number of carbonyl (C=O) groups excluding carboxylic acids is 2. The minimum Gasteiger partial charge on any atom is -0.385 e. The zero-order valence-electron chi connectivity index (χ0n) is 16.5. The Hall–Kier alpha value is -2.36. The van der Waals surface area contributed by atoms with Crippen LogP contribution in [-0.4, -0.2) is 50.1 Å². The molecule has 154 valence electrons. The van der Waals surface area contributed by atoms with Crippen LogP contribution in [0.4, 0.5) is 16.2 Å². The van der Waals surface area contributed by atoms with Crippen LogP contribution in [0, 0.1) is 0 Å². The number of carbonyl (C=O) groups is 2. The van der Waals surface area contributed by atoms with Gasteiger partial charge in [-0.3, -0.25) is 15.4 Å². The molecule has 0 radical (unpaired) electrons. The lowest BCUT2D eigenvalue weighted by Crippen LogP contribution is -2.68. The lowest BCUT2D eigenvalue weighted by Gasteiger charge is -2.36. The molecule has 1 saturated heterocycles. The predicted molar refractivity (Wildman–Crippen MR) is 110 cm³/mol. The minimum atomic E-state index is -0.346. The first kappa shape index (κ1) is 20.4. The second-order valence-corrected chi connectivity index (χ2v) is 7.39. The van der Waals surface area contributed by atoms with E-state index >= 15 is 0 Å². The topological polar surface area (TPSA) is 118 Å². The van der Waals surface area contributed by atoms with E-state index in [0.29, 0.717) is 13.1 Å². The standard InChI is InChI=1S/C19H31N7O2/c1-12-10-17(22-9-8-20-13(2)27)25-18(23-12)26-19(28)24-15-5-6-16-14(11-15)4-3-7-21-16/h5-6,11-12,17-18,21-23,25H,3-4,7-10H2,1-2H3,(H,20,27)(H2,24,26,28). The van der Waals surface area contributed by atoms with Gasteiger partial charge in [0.25, 0.3) is 0 Å². The number of urea groups is 1. The maximum Gasteiger partial charge on any atom is 0.321 e. The Morgan fingerprint density at radius 1 is 1.21 bits per heavy atom. The van der Waals surface area contributed by atoms with Crippen LogP contribution >= 0.6 is 0 Å². The highest BCUT2D eigenvalue weighted by molar-refractivity contribution is 5.89. The SMILES string of the molecule is CC(=O)NCCNC1CC(C)NC(NC(=O)Nc2ccc3c(c2)CCCN3)N1. The Balaban J connectivity index is 1.46. The molecule has 0 spiro atoms. The van der Waals surface area contributed by atoms with Crippen molar-refractivity contribution < 1.29 is 9.59 Å². The molecule has 9 nitrogen and oxygen atoms in total. The zero-order valence-corrected chi connectivity index (χ0v) is 16.5. The van der Waals surface area contributed by atoms with Crippen LogP contribution in [0.1, 0.15) is 32.3 Å². The highest BCUT2D eigenvalue weighted by atomic mass is 16.2. The molecule has 9 heteroatoms. The number of aryl methyl sites for hydroxylation is 1. The third-order valence-electron chi connectivity index (χ3n) is 4.87. The quantitative estimate of drug-likeness (QED) is 0.356. The van der Waals surface area contributed by atoms with Crippen molar-refractivity contribution in [3.8, 4) is 0 Å². The molecule has 0 aliphatic carbocycles. The molecule has 0 aromatic heterocycles. The number of hydrogen-bond acceptors (Lipinski definition) is 6. The monoisotopic (exact) mass is 389 g/mol. The van der Waals surface area contributed by atoms with Crippen LogP contribution in [0.15, 0.2) is 18.2 Å². The summed E-state index contributed by atoms with van der Waals surface area (Å²) in [6, 6.07) is 5.92. The van der Waals surface area contributed by atoms with Crippen molar-refractivity contribution >= 4 is 23.3 Å². The first-order valence-electron chi connectivity index (χ1n) is 9.94. The first-order valence-corrected chi connectivity index (χ1v) is 9.94. The molecule has 2 heterocycles. The van der Waals surface area contributed by atoms with Crippen molar-refractivity contribution in [3.63, 3.8) is 0 Å². The minimum absolute atomic E-state index is 0.0392. The maximum absolute atomic E-state index is 12.4. The van der Waals surface area contributed by atoms with Gasteiger partial charge in [0, 0.05) is 44.0 Å². The highest BCUT2D eigenvalue weighted by Crippen LogP contribution is 2.25. The van der Waals surface area contributed by atoms with Crippen molar-refractivity contribution in [3.05, 3.63) is 23.8 Å². The van der Waals surface area contributed by atoms with Gasteiger partial charge in [-0.1, -0.05) is 0 Å².